The summed E-state index contributed by atoms with van der Waals surface area (Å²) in [6.45, 7) is 12.1. The minimum absolute atomic E-state index is 0.822. The van der Waals surface area contributed by atoms with E-state index >= 15 is 0 Å². The Morgan fingerprint density at radius 2 is 1.94 bits per heavy atom. The first kappa shape index (κ1) is 12.3. The SMILES string of the molecule is CCN1CCCC(N(CC)C2CNC2)CC1. The summed E-state index contributed by atoms with van der Waals surface area (Å²) in [5.74, 6) is 0. The van der Waals surface area contributed by atoms with Crippen molar-refractivity contribution in [2.75, 3.05) is 39.3 Å². The molecule has 0 spiro atoms. The van der Waals surface area contributed by atoms with Crippen LogP contribution in [0, 0.1) is 0 Å². The van der Waals surface area contributed by atoms with Crippen LogP contribution in [0.3, 0.4) is 0 Å². The van der Waals surface area contributed by atoms with Crippen molar-refractivity contribution < 1.29 is 0 Å². The molecule has 2 aliphatic rings. The fraction of sp³-hybridized carbons (Fsp3) is 1.00. The van der Waals surface area contributed by atoms with Crippen molar-refractivity contribution in [3.63, 3.8) is 0 Å². The summed E-state index contributed by atoms with van der Waals surface area (Å²) in [5.41, 5.74) is 0. The van der Waals surface area contributed by atoms with E-state index in [-0.39, 0.29) is 0 Å². The molecule has 3 heteroatoms. The average molecular weight is 225 g/mol. The lowest BCUT2D eigenvalue weighted by molar-refractivity contribution is 0.0918. The standard InChI is InChI=1S/C13H27N3/c1-3-15-8-5-6-12(7-9-15)16(4-2)13-10-14-11-13/h12-14H,3-11H2,1-2H3. The Kier molecular flexibility index (Phi) is 4.62. The van der Waals surface area contributed by atoms with E-state index in [0.29, 0.717) is 0 Å². The molecule has 0 aromatic rings. The molecule has 1 atom stereocenters. The van der Waals surface area contributed by atoms with Gasteiger partial charge in [-0.15, -0.1) is 0 Å². The average Bonchev–Trinajstić information content (AvgIpc) is 2.48. The van der Waals surface area contributed by atoms with E-state index in [2.05, 4.69) is 29.0 Å². The van der Waals surface area contributed by atoms with Crippen LogP contribution in [0.2, 0.25) is 0 Å². The van der Waals surface area contributed by atoms with Crippen molar-refractivity contribution in [1.29, 1.82) is 0 Å². The van der Waals surface area contributed by atoms with E-state index < -0.39 is 0 Å². The van der Waals surface area contributed by atoms with Gasteiger partial charge in [-0.2, -0.15) is 0 Å². The molecule has 0 bridgehead atoms. The third kappa shape index (κ3) is 2.76. The minimum atomic E-state index is 0.822. The van der Waals surface area contributed by atoms with Crippen LogP contribution in [-0.2, 0) is 0 Å². The third-order valence-corrected chi connectivity index (χ3v) is 4.30. The highest BCUT2D eigenvalue weighted by molar-refractivity contribution is 4.89. The predicted octanol–water partition coefficient (Wildman–Crippen LogP) is 1.15. The zero-order chi connectivity index (χ0) is 11.4. The second-order valence-corrected chi connectivity index (χ2v) is 5.16. The Hall–Kier alpha value is -0.120. The highest BCUT2D eigenvalue weighted by atomic mass is 15.3. The number of hydrogen-bond acceptors (Lipinski definition) is 3. The molecule has 2 aliphatic heterocycles. The lowest BCUT2D eigenvalue weighted by Gasteiger charge is -2.42. The Balaban J connectivity index is 1.86. The zero-order valence-electron chi connectivity index (χ0n) is 10.9. The highest BCUT2D eigenvalue weighted by Crippen LogP contribution is 2.20. The lowest BCUT2D eigenvalue weighted by atomic mass is 10.0. The molecule has 2 rings (SSSR count). The lowest BCUT2D eigenvalue weighted by Crippen LogP contribution is -2.59. The number of nitrogens with zero attached hydrogens (tertiary/aromatic N) is 2. The maximum absolute atomic E-state index is 3.40. The van der Waals surface area contributed by atoms with Gasteiger partial charge in [-0.3, -0.25) is 4.90 Å². The van der Waals surface area contributed by atoms with E-state index in [9.17, 15) is 0 Å². The van der Waals surface area contributed by atoms with Crippen molar-refractivity contribution in [2.45, 2.75) is 45.2 Å². The van der Waals surface area contributed by atoms with E-state index in [1.54, 1.807) is 0 Å². The number of nitrogens with one attached hydrogen (secondary N) is 1. The largest absolute Gasteiger partial charge is 0.314 e. The zero-order valence-corrected chi connectivity index (χ0v) is 10.9. The van der Waals surface area contributed by atoms with Gasteiger partial charge in [0.2, 0.25) is 0 Å². The monoisotopic (exact) mass is 225 g/mol. The fourth-order valence-electron chi connectivity index (χ4n) is 3.11. The van der Waals surface area contributed by atoms with Gasteiger partial charge in [-0.25, -0.2) is 0 Å². The van der Waals surface area contributed by atoms with Crippen LogP contribution in [0.4, 0.5) is 0 Å². The predicted molar refractivity (Wildman–Crippen MR) is 68.8 cm³/mol. The Bertz CT molecular complexity index is 203. The van der Waals surface area contributed by atoms with Crippen LogP contribution in [0.1, 0.15) is 33.1 Å². The molecular weight excluding hydrogens is 198 g/mol. The van der Waals surface area contributed by atoms with Crippen molar-refractivity contribution in [3.05, 3.63) is 0 Å². The molecule has 0 saturated carbocycles. The molecule has 2 fully saturated rings. The van der Waals surface area contributed by atoms with Crippen molar-refractivity contribution in [3.8, 4) is 0 Å². The molecule has 0 aliphatic carbocycles. The van der Waals surface area contributed by atoms with Crippen LogP contribution in [0.15, 0.2) is 0 Å². The van der Waals surface area contributed by atoms with Crippen LogP contribution in [0.25, 0.3) is 0 Å². The van der Waals surface area contributed by atoms with Gasteiger partial charge in [-0.1, -0.05) is 13.8 Å². The quantitative estimate of drug-likeness (QED) is 0.774. The number of likely N-dealkylation sites (tertiary alicyclic amines) is 1. The van der Waals surface area contributed by atoms with Gasteiger partial charge in [0, 0.05) is 25.2 Å². The molecule has 1 unspecified atom stereocenters. The number of rotatable bonds is 4. The second kappa shape index (κ2) is 5.99. The molecule has 16 heavy (non-hydrogen) atoms. The molecule has 3 nitrogen and oxygen atoms in total. The summed E-state index contributed by atoms with van der Waals surface area (Å²) in [6.07, 6.45) is 4.16. The first-order valence-electron chi connectivity index (χ1n) is 7.04. The van der Waals surface area contributed by atoms with E-state index in [1.807, 2.05) is 0 Å². The minimum Gasteiger partial charge on any atom is -0.314 e. The third-order valence-electron chi connectivity index (χ3n) is 4.30. The van der Waals surface area contributed by atoms with Gasteiger partial charge in [0.15, 0.2) is 0 Å². The van der Waals surface area contributed by atoms with Gasteiger partial charge in [0.1, 0.15) is 0 Å². The van der Waals surface area contributed by atoms with E-state index in [0.717, 1.165) is 12.1 Å². The number of likely N-dealkylation sites (N-methyl/N-ethyl adjacent to an activating group) is 1. The molecule has 2 heterocycles. The van der Waals surface area contributed by atoms with Gasteiger partial charge >= 0.3 is 0 Å². The summed E-state index contributed by atoms with van der Waals surface area (Å²) in [7, 11) is 0. The topological polar surface area (TPSA) is 18.5 Å². The van der Waals surface area contributed by atoms with E-state index in [1.165, 1.54) is 58.5 Å². The normalized spacial score (nSPS) is 29.1. The first-order valence-corrected chi connectivity index (χ1v) is 7.04. The summed E-state index contributed by atoms with van der Waals surface area (Å²) in [5, 5.41) is 3.40. The highest BCUT2D eigenvalue weighted by Gasteiger charge is 2.30. The van der Waals surface area contributed by atoms with Gasteiger partial charge in [0.25, 0.3) is 0 Å². The number of hydrogen-bond donors (Lipinski definition) is 1. The smallest absolute Gasteiger partial charge is 0.0348 e. The summed E-state index contributed by atoms with van der Waals surface area (Å²) < 4.78 is 0. The van der Waals surface area contributed by atoms with Crippen LogP contribution in [0.5, 0.6) is 0 Å². The Labute approximate surface area is 100 Å². The molecule has 0 aromatic heterocycles. The molecule has 1 N–H and O–H groups in total. The molecule has 0 aromatic carbocycles. The van der Waals surface area contributed by atoms with Crippen molar-refractivity contribution in [1.82, 2.24) is 15.1 Å². The summed E-state index contributed by atoms with van der Waals surface area (Å²) >= 11 is 0. The summed E-state index contributed by atoms with van der Waals surface area (Å²) in [4.78, 5) is 5.35. The maximum atomic E-state index is 3.40. The second-order valence-electron chi connectivity index (χ2n) is 5.16. The maximum Gasteiger partial charge on any atom is 0.0348 e. The van der Waals surface area contributed by atoms with Gasteiger partial charge in [0.05, 0.1) is 0 Å². The fourth-order valence-corrected chi connectivity index (χ4v) is 3.11. The Morgan fingerprint density at radius 1 is 1.12 bits per heavy atom. The van der Waals surface area contributed by atoms with Gasteiger partial charge < -0.3 is 10.2 Å². The van der Waals surface area contributed by atoms with Crippen molar-refractivity contribution in [2.24, 2.45) is 0 Å². The summed E-state index contributed by atoms with van der Waals surface area (Å²) in [6, 6.07) is 1.66. The molecule has 0 amide bonds. The molecule has 2 saturated heterocycles. The molecule has 94 valence electrons. The van der Waals surface area contributed by atoms with E-state index in [4.69, 9.17) is 0 Å². The van der Waals surface area contributed by atoms with Crippen LogP contribution < -0.4 is 5.32 Å². The molecule has 0 radical (unpaired) electrons. The van der Waals surface area contributed by atoms with Crippen LogP contribution in [-0.4, -0.2) is 61.2 Å². The van der Waals surface area contributed by atoms with Crippen molar-refractivity contribution >= 4 is 0 Å². The van der Waals surface area contributed by atoms with Crippen LogP contribution >= 0.6 is 0 Å². The van der Waals surface area contributed by atoms with Gasteiger partial charge in [-0.05, 0) is 45.4 Å². The first-order chi connectivity index (χ1) is 7.85. The molecular formula is C13H27N3. The Morgan fingerprint density at radius 3 is 2.50 bits per heavy atom.